The molecule has 0 spiro atoms. The van der Waals surface area contributed by atoms with Gasteiger partial charge < -0.3 is 19.9 Å². The van der Waals surface area contributed by atoms with Crippen LogP contribution in [0.4, 0.5) is 10.5 Å². The van der Waals surface area contributed by atoms with Gasteiger partial charge >= 0.3 is 6.03 Å². The number of urea groups is 1. The number of nitrogens with zero attached hydrogens (tertiary/aromatic N) is 2. The van der Waals surface area contributed by atoms with Gasteiger partial charge in [-0.3, -0.25) is 0 Å². The number of ether oxygens (including phenoxy) is 1. The number of nitrogens with one attached hydrogen (secondary N) is 1. The second-order valence-corrected chi connectivity index (χ2v) is 7.24. The molecule has 5 heteroatoms. The van der Waals surface area contributed by atoms with Gasteiger partial charge in [0.15, 0.2) is 6.73 Å². The molecule has 0 unspecified atom stereocenters. The number of amides is 2. The quantitative estimate of drug-likeness (QED) is 0.837. The van der Waals surface area contributed by atoms with Crippen LogP contribution in [0.3, 0.4) is 0 Å². The van der Waals surface area contributed by atoms with E-state index in [4.69, 9.17) is 4.74 Å². The number of carbonyl (C=O) groups excluding carboxylic acids is 1. The minimum Gasteiger partial charge on any atom is -0.473 e. The average Bonchev–Trinajstić information content (AvgIpc) is 2.67. The Balaban J connectivity index is 1.48. The third-order valence-electron chi connectivity index (χ3n) is 5.25. The van der Waals surface area contributed by atoms with E-state index in [0.717, 1.165) is 30.0 Å². The first-order valence-corrected chi connectivity index (χ1v) is 9.49. The standard InChI is InChI=1S/C22H29N3O2/c1-16-6-5-7-20(14-16)24-10-12-25(13-11-24)22(26)23-15-27-21-18(3)9-8-17(2)19(21)4/h5-9,14H,10-13,15H2,1-4H3,(H,23,26). The fourth-order valence-electron chi connectivity index (χ4n) is 3.42. The highest BCUT2D eigenvalue weighted by Gasteiger charge is 2.21. The summed E-state index contributed by atoms with van der Waals surface area (Å²) in [5.74, 6) is 0.861. The summed E-state index contributed by atoms with van der Waals surface area (Å²) >= 11 is 0. The minimum absolute atomic E-state index is 0.0677. The highest BCUT2D eigenvalue weighted by atomic mass is 16.5. The van der Waals surface area contributed by atoms with E-state index >= 15 is 0 Å². The number of benzene rings is 2. The molecule has 0 bridgehead atoms. The molecule has 0 aliphatic carbocycles. The number of hydrogen-bond acceptors (Lipinski definition) is 3. The Morgan fingerprint density at radius 2 is 1.70 bits per heavy atom. The van der Waals surface area contributed by atoms with Gasteiger partial charge in [0.1, 0.15) is 5.75 Å². The molecule has 2 aromatic rings. The first-order chi connectivity index (χ1) is 13.0. The lowest BCUT2D eigenvalue weighted by molar-refractivity contribution is 0.181. The number of hydrogen-bond donors (Lipinski definition) is 1. The molecule has 0 atom stereocenters. The van der Waals surface area contributed by atoms with Crippen molar-refractivity contribution in [1.82, 2.24) is 10.2 Å². The maximum atomic E-state index is 12.4. The molecule has 2 amide bonds. The van der Waals surface area contributed by atoms with Crippen LogP contribution in [0, 0.1) is 27.7 Å². The second-order valence-electron chi connectivity index (χ2n) is 7.24. The lowest BCUT2D eigenvalue weighted by Gasteiger charge is -2.36. The zero-order chi connectivity index (χ0) is 19.4. The normalized spacial score (nSPS) is 14.2. The van der Waals surface area contributed by atoms with E-state index in [1.807, 2.05) is 24.8 Å². The van der Waals surface area contributed by atoms with Crippen molar-refractivity contribution in [1.29, 1.82) is 0 Å². The van der Waals surface area contributed by atoms with Gasteiger partial charge in [0.25, 0.3) is 0 Å². The van der Waals surface area contributed by atoms with E-state index < -0.39 is 0 Å². The average molecular weight is 367 g/mol. The van der Waals surface area contributed by atoms with Crippen molar-refractivity contribution in [2.75, 3.05) is 37.8 Å². The van der Waals surface area contributed by atoms with Crippen molar-refractivity contribution in [3.8, 4) is 5.75 Å². The first-order valence-electron chi connectivity index (χ1n) is 9.49. The molecule has 0 aromatic heterocycles. The van der Waals surface area contributed by atoms with Crippen molar-refractivity contribution in [3.63, 3.8) is 0 Å². The van der Waals surface area contributed by atoms with Crippen LogP contribution in [0.25, 0.3) is 0 Å². The molecule has 144 valence electrons. The fraction of sp³-hybridized carbons (Fsp3) is 0.409. The van der Waals surface area contributed by atoms with Crippen LogP contribution in [-0.2, 0) is 0 Å². The summed E-state index contributed by atoms with van der Waals surface area (Å²) < 4.78 is 5.84. The second kappa shape index (κ2) is 8.33. The molecular weight excluding hydrogens is 338 g/mol. The van der Waals surface area contributed by atoms with Crippen LogP contribution in [0.15, 0.2) is 36.4 Å². The predicted molar refractivity (Wildman–Crippen MR) is 110 cm³/mol. The fourth-order valence-corrected chi connectivity index (χ4v) is 3.42. The highest BCUT2D eigenvalue weighted by molar-refractivity contribution is 5.74. The van der Waals surface area contributed by atoms with Gasteiger partial charge in [-0.05, 0) is 62.1 Å². The lowest BCUT2D eigenvalue weighted by Crippen LogP contribution is -2.52. The van der Waals surface area contributed by atoms with Crippen LogP contribution in [0.2, 0.25) is 0 Å². The lowest BCUT2D eigenvalue weighted by atomic mass is 10.1. The zero-order valence-corrected chi connectivity index (χ0v) is 16.7. The third kappa shape index (κ3) is 4.54. The van der Waals surface area contributed by atoms with Crippen molar-refractivity contribution in [3.05, 3.63) is 58.7 Å². The Morgan fingerprint density at radius 3 is 2.41 bits per heavy atom. The summed E-state index contributed by atoms with van der Waals surface area (Å²) in [4.78, 5) is 16.6. The van der Waals surface area contributed by atoms with Gasteiger partial charge in [-0.2, -0.15) is 0 Å². The molecule has 1 aliphatic rings. The molecule has 0 radical (unpaired) electrons. The smallest absolute Gasteiger partial charge is 0.320 e. The van der Waals surface area contributed by atoms with Gasteiger partial charge in [-0.25, -0.2) is 4.79 Å². The van der Waals surface area contributed by atoms with Crippen LogP contribution >= 0.6 is 0 Å². The van der Waals surface area contributed by atoms with E-state index in [-0.39, 0.29) is 12.8 Å². The topological polar surface area (TPSA) is 44.8 Å². The first kappa shape index (κ1) is 19.1. The van der Waals surface area contributed by atoms with Crippen LogP contribution < -0.4 is 15.0 Å². The van der Waals surface area contributed by atoms with Crippen LogP contribution in [-0.4, -0.2) is 43.8 Å². The number of carbonyl (C=O) groups is 1. The Kier molecular flexibility index (Phi) is 5.89. The van der Waals surface area contributed by atoms with Crippen molar-refractivity contribution >= 4 is 11.7 Å². The van der Waals surface area contributed by atoms with Gasteiger partial charge in [-0.15, -0.1) is 0 Å². The number of rotatable bonds is 4. The molecular formula is C22H29N3O2. The Bertz CT molecular complexity index is 811. The van der Waals surface area contributed by atoms with Crippen molar-refractivity contribution in [2.45, 2.75) is 27.7 Å². The zero-order valence-electron chi connectivity index (χ0n) is 16.7. The van der Waals surface area contributed by atoms with E-state index in [1.165, 1.54) is 16.8 Å². The molecule has 1 N–H and O–H groups in total. The van der Waals surface area contributed by atoms with E-state index in [2.05, 4.69) is 54.4 Å². The number of piperazine rings is 1. The summed E-state index contributed by atoms with van der Waals surface area (Å²) in [5, 5.41) is 2.88. The molecule has 1 aliphatic heterocycles. The number of anilines is 1. The molecule has 5 nitrogen and oxygen atoms in total. The maximum absolute atomic E-state index is 12.4. The van der Waals surface area contributed by atoms with Crippen molar-refractivity contribution in [2.24, 2.45) is 0 Å². The Hall–Kier alpha value is -2.69. The summed E-state index contributed by atoms with van der Waals surface area (Å²) in [6.45, 7) is 11.5. The SMILES string of the molecule is Cc1cccc(N2CCN(C(=O)NCOc3c(C)ccc(C)c3C)CC2)c1. The van der Waals surface area contributed by atoms with E-state index in [9.17, 15) is 4.79 Å². The molecule has 27 heavy (non-hydrogen) atoms. The molecule has 3 rings (SSSR count). The summed E-state index contributed by atoms with van der Waals surface area (Å²) in [7, 11) is 0. The molecule has 2 aromatic carbocycles. The Labute approximate surface area is 161 Å². The maximum Gasteiger partial charge on any atom is 0.320 e. The van der Waals surface area contributed by atoms with Gasteiger partial charge in [0.05, 0.1) is 0 Å². The third-order valence-corrected chi connectivity index (χ3v) is 5.25. The highest BCUT2D eigenvalue weighted by Crippen LogP contribution is 2.25. The minimum atomic E-state index is -0.0677. The van der Waals surface area contributed by atoms with Gasteiger partial charge in [0.2, 0.25) is 0 Å². The monoisotopic (exact) mass is 367 g/mol. The number of aryl methyl sites for hydroxylation is 3. The molecule has 1 fully saturated rings. The van der Waals surface area contributed by atoms with Crippen LogP contribution in [0.1, 0.15) is 22.3 Å². The van der Waals surface area contributed by atoms with Gasteiger partial charge in [-0.1, -0.05) is 24.3 Å². The predicted octanol–water partition coefficient (Wildman–Crippen LogP) is 3.79. The molecule has 0 saturated carbocycles. The summed E-state index contributed by atoms with van der Waals surface area (Å²) in [5.41, 5.74) is 5.87. The summed E-state index contributed by atoms with van der Waals surface area (Å²) in [6.07, 6.45) is 0. The summed E-state index contributed by atoms with van der Waals surface area (Å²) in [6, 6.07) is 12.6. The largest absolute Gasteiger partial charge is 0.473 e. The van der Waals surface area contributed by atoms with Gasteiger partial charge in [0, 0.05) is 31.9 Å². The Morgan fingerprint density at radius 1 is 1.00 bits per heavy atom. The van der Waals surface area contributed by atoms with Crippen molar-refractivity contribution < 1.29 is 9.53 Å². The van der Waals surface area contributed by atoms with E-state index in [0.29, 0.717) is 13.1 Å². The molecule has 1 heterocycles. The van der Waals surface area contributed by atoms with E-state index in [1.54, 1.807) is 0 Å². The van der Waals surface area contributed by atoms with Crippen LogP contribution in [0.5, 0.6) is 5.75 Å². The molecule has 1 saturated heterocycles.